The Morgan fingerprint density at radius 2 is 2.03 bits per heavy atom. The van der Waals surface area contributed by atoms with Crippen LogP contribution in [0.2, 0.25) is 0 Å². The number of sulfonamides is 1. The van der Waals surface area contributed by atoms with Gasteiger partial charge in [-0.15, -0.1) is 0 Å². The Morgan fingerprint density at radius 3 is 2.83 bits per heavy atom. The van der Waals surface area contributed by atoms with Crippen molar-refractivity contribution < 1.29 is 12.8 Å². The molecule has 2 aromatic heterocycles. The van der Waals surface area contributed by atoms with Crippen molar-refractivity contribution in [1.29, 1.82) is 0 Å². The third-order valence-corrected chi connectivity index (χ3v) is 6.97. The first kappa shape index (κ1) is 24.8. The Hall–Kier alpha value is -3.34. The molecule has 0 aliphatic rings. The van der Waals surface area contributed by atoms with Gasteiger partial charge in [0.25, 0.3) is 0 Å². The van der Waals surface area contributed by atoms with Crippen molar-refractivity contribution in [2.75, 3.05) is 31.2 Å². The number of anilines is 1. The smallest absolute Gasteiger partial charge is 0.223 e. The normalized spacial score (nSPS) is 11.9. The van der Waals surface area contributed by atoms with E-state index in [4.69, 9.17) is 5.73 Å². The summed E-state index contributed by atoms with van der Waals surface area (Å²) >= 11 is 0. The van der Waals surface area contributed by atoms with Gasteiger partial charge in [-0.3, -0.25) is 0 Å². The lowest BCUT2D eigenvalue weighted by Gasteiger charge is -2.20. The van der Waals surface area contributed by atoms with Crippen LogP contribution in [0.5, 0.6) is 0 Å². The topological polar surface area (TPSA) is 117 Å². The second-order valence-electron chi connectivity index (χ2n) is 8.39. The van der Waals surface area contributed by atoms with Crippen molar-refractivity contribution in [2.24, 2.45) is 5.73 Å². The highest BCUT2D eigenvalue weighted by molar-refractivity contribution is 7.88. The average Bonchev–Trinajstić information content (AvgIpc) is 3.23. The maximum atomic E-state index is 13.4. The molecule has 0 atom stereocenters. The van der Waals surface area contributed by atoms with E-state index >= 15 is 0 Å². The number of nitrogens with one attached hydrogen (secondary N) is 2. The van der Waals surface area contributed by atoms with E-state index in [9.17, 15) is 12.8 Å². The van der Waals surface area contributed by atoms with E-state index in [-0.39, 0.29) is 12.4 Å². The third-order valence-electron chi connectivity index (χ3n) is 5.72. The molecule has 0 saturated heterocycles. The minimum absolute atomic E-state index is 0.266. The molecule has 0 saturated carbocycles. The van der Waals surface area contributed by atoms with Crippen LogP contribution >= 0.6 is 0 Å². The summed E-state index contributed by atoms with van der Waals surface area (Å²) < 4.78 is 39.1. The van der Waals surface area contributed by atoms with Gasteiger partial charge in [-0.05, 0) is 60.8 Å². The summed E-state index contributed by atoms with van der Waals surface area (Å²) in [5.41, 5.74) is 9.90. The summed E-state index contributed by atoms with van der Waals surface area (Å²) in [5, 5.41) is 4.24. The summed E-state index contributed by atoms with van der Waals surface area (Å²) in [7, 11) is -3.34. The molecule has 2 aromatic carbocycles. The van der Waals surface area contributed by atoms with E-state index in [2.05, 4.69) is 20.3 Å². The average molecular weight is 497 g/mol. The SMILES string of the molecule is CS(=O)(=O)N(CCCN)Cc1cccc(-c2ccnc(NCCc3c[nH]c4cc(F)ccc34)n2)c1. The predicted molar refractivity (Wildman–Crippen MR) is 137 cm³/mol. The molecule has 0 amide bonds. The van der Waals surface area contributed by atoms with Gasteiger partial charge in [0.05, 0.1) is 11.9 Å². The minimum atomic E-state index is -3.34. The lowest BCUT2D eigenvalue weighted by molar-refractivity contribution is 0.405. The van der Waals surface area contributed by atoms with Crippen LogP contribution in [0.1, 0.15) is 17.5 Å². The molecule has 4 aromatic rings. The van der Waals surface area contributed by atoms with Gasteiger partial charge >= 0.3 is 0 Å². The molecular formula is C25H29FN6O2S. The van der Waals surface area contributed by atoms with Crippen LogP contribution in [0.15, 0.2) is 60.9 Å². The molecule has 0 fully saturated rings. The Morgan fingerprint density at radius 1 is 1.17 bits per heavy atom. The molecule has 10 heteroatoms. The Labute approximate surface area is 204 Å². The zero-order valence-corrected chi connectivity index (χ0v) is 20.4. The largest absolute Gasteiger partial charge is 0.361 e. The second kappa shape index (κ2) is 10.9. The molecule has 8 nitrogen and oxygen atoms in total. The zero-order chi connectivity index (χ0) is 24.8. The van der Waals surface area contributed by atoms with Gasteiger partial charge in [0.1, 0.15) is 5.82 Å². The number of fused-ring (bicyclic) bond motifs is 1. The molecule has 0 aliphatic carbocycles. The van der Waals surface area contributed by atoms with Crippen LogP contribution in [-0.2, 0) is 23.0 Å². The maximum absolute atomic E-state index is 13.4. The molecule has 184 valence electrons. The van der Waals surface area contributed by atoms with E-state index in [0.717, 1.165) is 39.7 Å². The van der Waals surface area contributed by atoms with Crippen molar-refractivity contribution in [1.82, 2.24) is 19.3 Å². The number of aromatic amines is 1. The molecule has 2 heterocycles. The molecule has 0 bridgehead atoms. The molecule has 35 heavy (non-hydrogen) atoms. The number of hydrogen-bond acceptors (Lipinski definition) is 6. The Bertz CT molecular complexity index is 1410. The van der Waals surface area contributed by atoms with Crippen molar-refractivity contribution in [3.63, 3.8) is 0 Å². The highest BCUT2D eigenvalue weighted by atomic mass is 32.2. The van der Waals surface area contributed by atoms with E-state index in [1.54, 1.807) is 12.3 Å². The van der Waals surface area contributed by atoms with Gasteiger partial charge in [0.15, 0.2) is 0 Å². The van der Waals surface area contributed by atoms with Gasteiger partial charge in [0.2, 0.25) is 16.0 Å². The van der Waals surface area contributed by atoms with Gasteiger partial charge in [0, 0.05) is 48.5 Å². The summed E-state index contributed by atoms with van der Waals surface area (Å²) in [6.45, 7) is 1.70. The molecule has 0 radical (unpaired) electrons. The van der Waals surface area contributed by atoms with E-state index in [1.165, 1.54) is 22.7 Å². The van der Waals surface area contributed by atoms with Crippen LogP contribution in [0.3, 0.4) is 0 Å². The van der Waals surface area contributed by atoms with Gasteiger partial charge in [-0.1, -0.05) is 18.2 Å². The maximum Gasteiger partial charge on any atom is 0.223 e. The fourth-order valence-corrected chi connectivity index (χ4v) is 4.79. The van der Waals surface area contributed by atoms with Crippen LogP contribution in [0, 0.1) is 5.82 Å². The van der Waals surface area contributed by atoms with Gasteiger partial charge in [-0.2, -0.15) is 4.31 Å². The Balaban J connectivity index is 1.43. The molecule has 0 aliphatic heterocycles. The summed E-state index contributed by atoms with van der Waals surface area (Å²) in [6, 6.07) is 14.2. The zero-order valence-electron chi connectivity index (χ0n) is 19.5. The predicted octanol–water partition coefficient (Wildman–Crippen LogP) is 3.53. The summed E-state index contributed by atoms with van der Waals surface area (Å²) in [4.78, 5) is 12.0. The first-order valence-electron chi connectivity index (χ1n) is 11.4. The Kier molecular flexibility index (Phi) is 7.74. The number of rotatable bonds is 11. The number of nitrogens with two attached hydrogens (primary N) is 1. The van der Waals surface area contributed by atoms with Crippen LogP contribution < -0.4 is 11.1 Å². The minimum Gasteiger partial charge on any atom is -0.361 e. The number of benzene rings is 2. The van der Waals surface area contributed by atoms with E-state index < -0.39 is 10.0 Å². The van der Waals surface area contributed by atoms with Gasteiger partial charge < -0.3 is 16.0 Å². The van der Waals surface area contributed by atoms with Crippen molar-refractivity contribution >= 4 is 26.9 Å². The highest BCUT2D eigenvalue weighted by Gasteiger charge is 2.17. The fraction of sp³-hybridized carbons (Fsp3) is 0.280. The number of nitrogens with zero attached hydrogens (tertiary/aromatic N) is 3. The lowest BCUT2D eigenvalue weighted by Crippen LogP contribution is -2.31. The monoisotopic (exact) mass is 496 g/mol. The molecular weight excluding hydrogens is 467 g/mol. The van der Waals surface area contributed by atoms with Crippen molar-refractivity contribution in [2.45, 2.75) is 19.4 Å². The van der Waals surface area contributed by atoms with Crippen LogP contribution in [0.25, 0.3) is 22.2 Å². The number of halogens is 1. The first-order chi connectivity index (χ1) is 16.8. The molecule has 0 unspecified atom stereocenters. The quantitative estimate of drug-likeness (QED) is 0.292. The van der Waals surface area contributed by atoms with Crippen molar-refractivity contribution in [3.05, 3.63) is 77.9 Å². The molecule has 4 rings (SSSR count). The number of hydrogen-bond donors (Lipinski definition) is 3. The van der Waals surface area contributed by atoms with Crippen LogP contribution in [-0.4, -0.2) is 53.6 Å². The summed E-state index contributed by atoms with van der Waals surface area (Å²) in [6.07, 6.45) is 6.12. The standard InChI is InChI=1S/C25H29FN6O2S/c1-35(33,34)32(13-3-10-27)17-18-4-2-5-19(14-18)23-9-12-29-25(31-23)28-11-8-20-16-30-24-15-21(26)6-7-22(20)24/h2,4-7,9,12,14-16,30H,3,8,10-11,13,17,27H2,1H3,(H,28,29,31). The van der Waals surface area contributed by atoms with Gasteiger partial charge in [-0.25, -0.2) is 22.8 Å². The fourth-order valence-electron chi connectivity index (χ4n) is 3.94. The number of aromatic nitrogens is 3. The highest BCUT2D eigenvalue weighted by Crippen LogP contribution is 2.22. The first-order valence-corrected chi connectivity index (χ1v) is 13.3. The van der Waals surface area contributed by atoms with Crippen LogP contribution in [0.4, 0.5) is 10.3 Å². The number of H-pyrrole nitrogens is 1. The van der Waals surface area contributed by atoms with E-state index in [1.807, 2.05) is 36.5 Å². The summed E-state index contributed by atoms with van der Waals surface area (Å²) in [5.74, 6) is 0.234. The third kappa shape index (κ3) is 6.41. The van der Waals surface area contributed by atoms with Crippen molar-refractivity contribution in [3.8, 4) is 11.3 Å². The van der Waals surface area contributed by atoms with E-state index in [0.29, 0.717) is 32.0 Å². The molecule has 4 N–H and O–H groups in total. The lowest BCUT2D eigenvalue weighted by atomic mass is 10.1. The second-order valence-corrected chi connectivity index (χ2v) is 10.4. The molecule has 0 spiro atoms.